The van der Waals surface area contributed by atoms with E-state index in [2.05, 4.69) is 41.9 Å². The molecule has 0 aliphatic rings. The van der Waals surface area contributed by atoms with Crippen molar-refractivity contribution >= 4 is 64.8 Å². The number of sulfonamides is 1. The summed E-state index contributed by atoms with van der Waals surface area (Å²) in [5.41, 5.74) is 1.15. The monoisotopic (exact) mass is 480 g/mol. The van der Waals surface area contributed by atoms with E-state index in [4.69, 9.17) is 0 Å². The van der Waals surface area contributed by atoms with Gasteiger partial charge in [-0.3, -0.25) is 9.52 Å². The summed E-state index contributed by atoms with van der Waals surface area (Å²) in [7, 11) is -3.39. The molecule has 0 aliphatic carbocycles. The third-order valence-corrected chi connectivity index (χ3v) is 6.78. The van der Waals surface area contributed by atoms with E-state index in [9.17, 15) is 13.2 Å². The van der Waals surface area contributed by atoms with Crippen LogP contribution in [0.4, 0.5) is 5.69 Å². The fraction of sp³-hybridized carbons (Fsp3) is 0.214. The summed E-state index contributed by atoms with van der Waals surface area (Å²) in [5.74, 6) is -0.219. The van der Waals surface area contributed by atoms with Crippen molar-refractivity contribution in [3.05, 3.63) is 49.0 Å². The van der Waals surface area contributed by atoms with Gasteiger partial charge in [0.25, 0.3) is 5.91 Å². The molecule has 23 heavy (non-hydrogen) atoms. The minimum absolute atomic E-state index is 0.219. The maximum Gasteiger partial charge on any atom is 0.261 e. The Balaban J connectivity index is 2.20. The van der Waals surface area contributed by atoms with Crippen LogP contribution in [-0.4, -0.2) is 20.6 Å². The van der Waals surface area contributed by atoms with Gasteiger partial charge in [0, 0.05) is 4.47 Å². The van der Waals surface area contributed by atoms with Crippen molar-refractivity contribution in [2.24, 2.45) is 0 Å². The van der Waals surface area contributed by atoms with Gasteiger partial charge < -0.3 is 5.32 Å². The largest absolute Gasteiger partial charge is 0.345 e. The summed E-state index contributed by atoms with van der Waals surface area (Å²) in [6, 6.07) is 8.35. The lowest BCUT2D eigenvalue weighted by molar-refractivity contribution is 0.0944. The quantitative estimate of drug-likeness (QED) is 0.673. The summed E-state index contributed by atoms with van der Waals surface area (Å²) in [6.45, 7) is 1.80. The summed E-state index contributed by atoms with van der Waals surface area (Å²) in [6.07, 6.45) is 1.09. The van der Waals surface area contributed by atoms with E-state index in [1.807, 2.05) is 0 Å². The molecule has 1 atom stereocenters. The second-order valence-corrected chi connectivity index (χ2v) is 9.86. The van der Waals surface area contributed by atoms with Crippen molar-refractivity contribution in [3.63, 3.8) is 0 Å². The number of hydrogen-bond donors (Lipinski definition) is 2. The van der Waals surface area contributed by atoms with Crippen LogP contribution < -0.4 is 10.0 Å². The van der Waals surface area contributed by atoms with E-state index < -0.39 is 10.0 Å². The van der Waals surface area contributed by atoms with Gasteiger partial charge in [-0.25, -0.2) is 8.42 Å². The molecular formula is C14H14Br2N2O3S2. The van der Waals surface area contributed by atoms with Gasteiger partial charge in [0.05, 0.1) is 26.6 Å². The van der Waals surface area contributed by atoms with Crippen LogP contribution in [-0.2, 0) is 10.0 Å². The normalized spacial score (nSPS) is 12.7. The Hall–Kier alpha value is -0.900. The van der Waals surface area contributed by atoms with Crippen LogP contribution >= 0.6 is 43.2 Å². The molecule has 0 saturated carbocycles. The second kappa shape index (κ2) is 7.33. The van der Waals surface area contributed by atoms with Crippen molar-refractivity contribution in [2.75, 3.05) is 11.0 Å². The minimum atomic E-state index is -3.39. The minimum Gasteiger partial charge on any atom is -0.345 e. The number of amides is 1. The van der Waals surface area contributed by atoms with Crippen LogP contribution in [0.2, 0.25) is 0 Å². The van der Waals surface area contributed by atoms with Gasteiger partial charge in [0.1, 0.15) is 0 Å². The first kappa shape index (κ1) is 18.4. The first-order valence-corrected chi connectivity index (χ1v) is 10.8. The lowest BCUT2D eigenvalue weighted by Gasteiger charge is -2.18. The lowest BCUT2D eigenvalue weighted by Crippen LogP contribution is -2.26. The van der Waals surface area contributed by atoms with Crippen LogP contribution in [0.25, 0.3) is 0 Å². The zero-order chi connectivity index (χ0) is 17.2. The third-order valence-electron chi connectivity index (χ3n) is 2.94. The van der Waals surface area contributed by atoms with E-state index in [1.165, 1.54) is 11.3 Å². The number of anilines is 1. The van der Waals surface area contributed by atoms with Crippen molar-refractivity contribution < 1.29 is 13.2 Å². The molecule has 0 bridgehead atoms. The van der Waals surface area contributed by atoms with Gasteiger partial charge in [-0.15, -0.1) is 11.3 Å². The Morgan fingerprint density at radius 1 is 1.26 bits per heavy atom. The van der Waals surface area contributed by atoms with Gasteiger partial charge in [-0.2, -0.15) is 0 Å². The van der Waals surface area contributed by atoms with Crippen molar-refractivity contribution in [1.82, 2.24) is 5.32 Å². The van der Waals surface area contributed by atoms with Crippen LogP contribution in [0.5, 0.6) is 0 Å². The first-order chi connectivity index (χ1) is 10.7. The number of halogens is 2. The van der Waals surface area contributed by atoms with Gasteiger partial charge in [0.15, 0.2) is 0 Å². The Morgan fingerprint density at radius 3 is 2.48 bits per heavy atom. The number of carbonyl (C=O) groups excluding carboxylic acids is 1. The van der Waals surface area contributed by atoms with E-state index in [-0.39, 0.29) is 11.9 Å². The van der Waals surface area contributed by atoms with Crippen LogP contribution in [0.3, 0.4) is 0 Å². The van der Waals surface area contributed by atoms with Crippen LogP contribution in [0.1, 0.15) is 28.2 Å². The van der Waals surface area contributed by atoms with Gasteiger partial charge in [-0.05, 0) is 56.5 Å². The summed E-state index contributed by atoms with van der Waals surface area (Å²) in [4.78, 5) is 12.9. The number of hydrogen-bond acceptors (Lipinski definition) is 4. The second-order valence-electron chi connectivity index (χ2n) is 4.89. The molecule has 0 aliphatic heterocycles. The molecule has 0 spiro atoms. The Bertz CT molecular complexity index is 815. The molecule has 2 N–H and O–H groups in total. The molecule has 5 nitrogen and oxygen atoms in total. The molecule has 1 amide bonds. The molecule has 9 heteroatoms. The molecule has 124 valence electrons. The number of nitrogens with one attached hydrogen (secondary N) is 2. The van der Waals surface area contributed by atoms with E-state index in [1.54, 1.807) is 37.3 Å². The highest BCUT2D eigenvalue weighted by molar-refractivity contribution is 9.13. The van der Waals surface area contributed by atoms with Crippen LogP contribution in [0, 0.1) is 0 Å². The molecular weight excluding hydrogens is 468 g/mol. The number of carbonyl (C=O) groups is 1. The summed E-state index contributed by atoms with van der Waals surface area (Å²) in [5, 5.41) is 2.87. The van der Waals surface area contributed by atoms with Crippen molar-refractivity contribution in [1.29, 1.82) is 0 Å². The van der Waals surface area contributed by atoms with Gasteiger partial charge in [-0.1, -0.05) is 18.2 Å². The molecule has 1 heterocycles. The van der Waals surface area contributed by atoms with E-state index >= 15 is 0 Å². The molecule has 1 unspecified atom stereocenters. The van der Waals surface area contributed by atoms with Crippen LogP contribution in [0.15, 0.2) is 38.6 Å². The Morgan fingerprint density at radius 2 is 1.91 bits per heavy atom. The fourth-order valence-electron chi connectivity index (χ4n) is 1.97. The smallest absolute Gasteiger partial charge is 0.261 e. The van der Waals surface area contributed by atoms with Gasteiger partial charge >= 0.3 is 0 Å². The van der Waals surface area contributed by atoms with Gasteiger partial charge in [0.2, 0.25) is 10.0 Å². The number of para-hydroxylation sites is 1. The maximum atomic E-state index is 12.3. The average Bonchev–Trinajstić information content (AvgIpc) is 2.77. The lowest BCUT2D eigenvalue weighted by atomic mass is 10.1. The van der Waals surface area contributed by atoms with Crippen molar-refractivity contribution in [2.45, 2.75) is 13.0 Å². The molecule has 2 aromatic rings. The first-order valence-electron chi connectivity index (χ1n) is 6.50. The summed E-state index contributed by atoms with van der Waals surface area (Å²) >= 11 is 8.02. The molecule has 0 fully saturated rings. The molecule has 1 aromatic carbocycles. The molecule has 0 saturated heterocycles. The predicted octanol–water partition coefficient (Wildman–Crippen LogP) is 4.14. The summed E-state index contributed by atoms with van der Waals surface area (Å²) < 4.78 is 27.0. The predicted molar refractivity (Wildman–Crippen MR) is 101 cm³/mol. The standard InChI is InChI=1S/C14H14Br2N2O3S2/c1-8(17-14(19)12-7-10(15)13(16)22-12)9-5-3-4-6-11(9)18-23(2,20)21/h3-8,18H,1-2H3,(H,17,19). The number of benzene rings is 1. The fourth-order valence-corrected chi connectivity index (χ4v) is 4.50. The van der Waals surface area contributed by atoms with E-state index in [0.717, 1.165) is 14.5 Å². The third kappa shape index (κ3) is 5.03. The number of rotatable bonds is 5. The molecule has 0 radical (unpaired) electrons. The van der Waals surface area contributed by atoms with E-state index in [0.29, 0.717) is 16.1 Å². The SMILES string of the molecule is CC(NC(=O)c1cc(Br)c(Br)s1)c1ccccc1NS(C)(=O)=O. The average molecular weight is 482 g/mol. The molecule has 1 aromatic heterocycles. The highest BCUT2D eigenvalue weighted by Gasteiger charge is 2.18. The topological polar surface area (TPSA) is 75.3 Å². The Labute approximate surface area is 155 Å². The zero-order valence-electron chi connectivity index (χ0n) is 12.3. The molecule has 2 rings (SSSR count). The maximum absolute atomic E-state index is 12.3. The van der Waals surface area contributed by atoms with Crippen molar-refractivity contribution in [3.8, 4) is 0 Å². The number of thiophene rings is 1. The zero-order valence-corrected chi connectivity index (χ0v) is 17.1. The highest BCUT2D eigenvalue weighted by Crippen LogP contribution is 2.33. The Kier molecular flexibility index (Phi) is 5.88. The highest BCUT2D eigenvalue weighted by atomic mass is 79.9.